The predicted molar refractivity (Wildman–Crippen MR) is 117 cm³/mol. The number of piperidine rings is 1. The summed E-state index contributed by atoms with van der Waals surface area (Å²) < 4.78 is 65.9. The summed E-state index contributed by atoms with van der Waals surface area (Å²) in [5, 5.41) is 0. The molecule has 0 radical (unpaired) electrons. The van der Waals surface area contributed by atoms with Crippen LogP contribution in [0.2, 0.25) is 0 Å². The largest absolute Gasteiger partial charge is 0.416 e. The van der Waals surface area contributed by atoms with E-state index < -0.39 is 21.8 Å². The van der Waals surface area contributed by atoms with Crippen LogP contribution in [0.1, 0.15) is 36.5 Å². The summed E-state index contributed by atoms with van der Waals surface area (Å²) in [6.45, 7) is 6.45. The van der Waals surface area contributed by atoms with Gasteiger partial charge in [-0.1, -0.05) is 18.2 Å². The van der Waals surface area contributed by atoms with Crippen molar-refractivity contribution in [3.63, 3.8) is 0 Å². The summed E-state index contributed by atoms with van der Waals surface area (Å²) in [7, 11) is -4.08. The quantitative estimate of drug-likeness (QED) is 0.635. The zero-order valence-electron chi connectivity index (χ0n) is 18.3. The van der Waals surface area contributed by atoms with Gasteiger partial charge in [0.1, 0.15) is 0 Å². The number of carbonyl (C=O) groups is 1. The number of nitrogens with zero attached hydrogens (tertiary/aromatic N) is 2. The van der Waals surface area contributed by atoms with Crippen molar-refractivity contribution in [2.45, 2.75) is 44.7 Å². The molecule has 1 amide bonds. The number of aryl methyl sites for hydroxylation is 2. The van der Waals surface area contributed by atoms with Crippen molar-refractivity contribution in [2.24, 2.45) is 5.92 Å². The maximum Gasteiger partial charge on any atom is 0.416 e. The first-order valence-corrected chi connectivity index (χ1v) is 11.9. The summed E-state index contributed by atoms with van der Waals surface area (Å²) >= 11 is 0. The van der Waals surface area contributed by atoms with Crippen LogP contribution < -0.4 is 4.90 Å². The van der Waals surface area contributed by atoms with Crippen molar-refractivity contribution in [1.29, 1.82) is 0 Å². The summed E-state index contributed by atoms with van der Waals surface area (Å²) in [4.78, 5) is 14.5. The van der Waals surface area contributed by atoms with E-state index in [0.29, 0.717) is 25.5 Å². The molecule has 0 atom stereocenters. The highest BCUT2D eigenvalue weighted by Crippen LogP contribution is 2.33. The van der Waals surface area contributed by atoms with Crippen LogP contribution in [0, 0.1) is 19.8 Å². The molecule has 0 aromatic heterocycles. The number of sulfonamides is 1. The van der Waals surface area contributed by atoms with Gasteiger partial charge < -0.3 is 4.90 Å². The van der Waals surface area contributed by atoms with Crippen LogP contribution in [0.4, 0.5) is 18.9 Å². The standard InChI is InChI=1S/C23H27F3N2O3S/c1-4-28(21-14-16(2)8-9-17(21)3)22(29)18-10-12-27(13-11-18)32(30,31)20-7-5-6-19(15-20)23(24,25)26/h5-9,14-15,18H,4,10-13H2,1-3H3. The zero-order chi connectivity index (χ0) is 23.7. The summed E-state index contributed by atoms with van der Waals surface area (Å²) in [5.74, 6) is -0.403. The van der Waals surface area contributed by atoms with Crippen LogP contribution in [0.25, 0.3) is 0 Å². The van der Waals surface area contributed by atoms with Gasteiger partial charge in [0.15, 0.2) is 0 Å². The van der Waals surface area contributed by atoms with Crippen LogP contribution in [-0.2, 0) is 21.0 Å². The molecule has 2 aromatic carbocycles. The normalized spacial score (nSPS) is 16.2. The van der Waals surface area contributed by atoms with Gasteiger partial charge in [0, 0.05) is 31.2 Å². The fraction of sp³-hybridized carbons (Fsp3) is 0.435. The second-order valence-corrected chi connectivity index (χ2v) is 10.0. The van der Waals surface area contributed by atoms with E-state index in [0.717, 1.165) is 28.9 Å². The molecule has 1 fully saturated rings. The molecule has 32 heavy (non-hydrogen) atoms. The van der Waals surface area contributed by atoms with Gasteiger partial charge in [-0.3, -0.25) is 4.79 Å². The van der Waals surface area contributed by atoms with E-state index in [1.807, 2.05) is 39.0 Å². The Labute approximate surface area is 186 Å². The molecule has 2 aromatic rings. The van der Waals surface area contributed by atoms with Crippen LogP contribution in [0.5, 0.6) is 0 Å². The van der Waals surface area contributed by atoms with E-state index >= 15 is 0 Å². The number of hydrogen-bond donors (Lipinski definition) is 0. The Morgan fingerprint density at radius 1 is 1.09 bits per heavy atom. The van der Waals surface area contributed by atoms with Crippen molar-refractivity contribution < 1.29 is 26.4 Å². The third kappa shape index (κ3) is 4.99. The van der Waals surface area contributed by atoms with Crippen LogP contribution in [0.15, 0.2) is 47.4 Å². The predicted octanol–water partition coefficient (Wildman–Crippen LogP) is 4.78. The molecule has 3 rings (SSSR count). The van der Waals surface area contributed by atoms with Crippen molar-refractivity contribution >= 4 is 21.6 Å². The Bertz CT molecular complexity index is 1090. The number of amides is 1. The number of rotatable bonds is 5. The van der Waals surface area contributed by atoms with Crippen LogP contribution in [-0.4, -0.2) is 38.3 Å². The lowest BCUT2D eigenvalue weighted by Crippen LogP contribution is -2.44. The average Bonchev–Trinajstić information content (AvgIpc) is 2.76. The molecule has 0 saturated carbocycles. The number of anilines is 1. The lowest BCUT2D eigenvalue weighted by atomic mass is 9.95. The molecule has 0 unspecified atom stereocenters. The molecular weight excluding hydrogens is 441 g/mol. The van der Waals surface area contributed by atoms with Crippen molar-refractivity contribution in [3.05, 3.63) is 59.2 Å². The van der Waals surface area contributed by atoms with Crippen molar-refractivity contribution in [2.75, 3.05) is 24.5 Å². The van der Waals surface area contributed by atoms with Crippen LogP contribution in [0.3, 0.4) is 0 Å². The van der Waals surface area contributed by atoms with Crippen LogP contribution >= 0.6 is 0 Å². The average molecular weight is 469 g/mol. The molecule has 9 heteroatoms. The second kappa shape index (κ2) is 9.23. The monoisotopic (exact) mass is 468 g/mol. The smallest absolute Gasteiger partial charge is 0.312 e. The Morgan fingerprint density at radius 3 is 2.34 bits per heavy atom. The molecule has 0 N–H and O–H groups in total. The molecule has 174 valence electrons. The third-order valence-electron chi connectivity index (χ3n) is 5.84. The summed E-state index contributed by atoms with van der Waals surface area (Å²) in [6.07, 6.45) is -3.99. The molecule has 1 aliphatic heterocycles. The maximum absolute atomic E-state index is 13.2. The molecular formula is C23H27F3N2O3S. The molecule has 1 saturated heterocycles. The molecule has 0 bridgehead atoms. The fourth-order valence-electron chi connectivity index (χ4n) is 4.00. The Hall–Kier alpha value is -2.39. The van der Waals surface area contributed by atoms with E-state index in [2.05, 4.69) is 0 Å². The van der Waals surface area contributed by atoms with Crippen molar-refractivity contribution in [3.8, 4) is 0 Å². The number of carbonyl (C=O) groups excluding carboxylic acids is 1. The number of hydrogen-bond acceptors (Lipinski definition) is 3. The van der Waals surface area contributed by atoms with Gasteiger partial charge in [-0.15, -0.1) is 0 Å². The minimum absolute atomic E-state index is 0.0580. The highest BCUT2D eigenvalue weighted by Gasteiger charge is 2.36. The number of halogens is 3. The highest BCUT2D eigenvalue weighted by molar-refractivity contribution is 7.89. The van der Waals surface area contributed by atoms with E-state index in [4.69, 9.17) is 0 Å². The Morgan fingerprint density at radius 2 is 1.75 bits per heavy atom. The topological polar surface area (TPSA) is 57.7 Å². The lowest BCUT2D eigenvalue weighted by molar-refractivity contribution is -0.137. The zero-order valence-corrected chi connectivity index (χ0v) is 19.1. The number of alkyl halides is 3. The summed E-state index contributed by atoms with van der Waals surface area (Å²) in [5.41, 5.74) is 1.86. The van der Waals surface area contributed by atoms with E-state index in [9.17, 15) is 26.4 Å². The third-order valence-corrected chi connectivity index (χ3v) is 7.73. The molecule has 0 aliphatic carbocycles. The molecule has 1 aliphatic rings. The van der Waals surface area contributed by atoms with E-state index in [1.54, 1.807) is 4.90 Å². The van der Waals surface area contributed by atoms with E-state index in [-0.39, 0.29) is 29.8 Å². The van der Waals surface area contributed by atoms with Gasteiger partial charge in [-0.05, 0) is 69.0 Å². The second-order valence-electron chi connectivity index (χ2n) is 8.08. The highest BCUT2D eigenvalue weighted by atomic mass is 32.2. The molecule has 1 heterocycles. The lowest BCUT2D eigenvalue weighted by Gasteiger charge is -2.34. The fourth-order valence-corrected chi connectivity index (χ4v) is 5.52. The number of benzene rings is 2. The minimum atomic E-state index is -4.62. The Balaban J connectivity index is 1.74. The van der Waals surface area contributed by atoms with Gasteiger partial charge in [0.25, 0.3) is 0 Å². The van der Waals surface area contributed by atoms with Gasteiger partial charge in [0.05, 0.1) is 10.5 Å². The first kappa shape index (κ1) is 24.3. The SMILES string of the molecule is CCN(C(=O)C1CCN(S(=O)(=O)c2cccc(C(F)(F)F)c2)CC1)c1cc(C)ccc1C. The van der Waals surface area contributed by atoms with Crippen molar-refractivity contribution in [1.82, 2.24) is 4.31 Å². The molecule has 0 spiro atoms. The van der Waals surface area contributed by atoms with Gasteiger partial charge in [-0.25, -0.2) is 8.42 Å². The van der Waals surface area contributed by atoms with Gasteiger partial charge in [-0.2, -0.15) is 17.5 Å². The minimum Gasteiger partial charge on any atom is -0.312 e. The Kier molecular flexibility index (Phi) is 7.00. The molecule has 5 nitrogen and oxygen atoms in total. The first-order valence-electron chi connectivity index (χ1n) is 10.5. The van der Waals surface area contributed by atoms with Gasteiger partial charge >= 0.3 is 6.18 Å². The summed E-state index contributed by atoms with van der Waals surface area (Å²) in [6, 6.07) is 9.67. The van der Waals surface area contributed by atoms with Gasteiger partial charge in [0.2, 0.25) is 15.9 Å². The van der Waals surface area contributed by atoms with E-state index in [1.165, 1.54) is 10.4 Å². The maximum atomic E-state index is 13.2. The first-order chi connectivity index (χ1) is 14.9.